The molecule has 0 aromatic heterocycles. The van der Waals surface area contributed by atoms with E-state index in [0.717, 1.165) is 5.56 Å². The van der Waals surface area contributed by atoms with Crippen molar-refractivity contribution in [3.63, 3.8) is 0 Å². The van der Waals surface area contributed by atoms with E-state index in [1.54, 1.807) is 30.3 Å². The van der Waals surface area contributed by atoms with Gasteiger partial charge in [0.25, 0.3) is 5.91 Å². The van der Waals surface area contributed by atoms with Crippen LogP contribution in [0.25, 0.3) is 0 Å². The van der Waals surface area contributed by atoms with Crippen molar-refractivity contribution in [2.45, 2.75) is 13.8 Å². The molecule has 0 saturated carbocycles. The van der Waals surface area contributed by atoms with E-state index in [1.807, 2.05) is 19.1 Å². The highest BCUT2D eigenvalue weighted by atomic mass is 16.6. The summed E-state index contributed by atoms with van der Waals surface area (Å²) in [4.78, 5) is 23.0. The molecule has 124 valence electrons. The highest BCUT2D eigenvalue weighted by Gasteiger charge is 2.07. The van der Waals surface area contributed by atoms with Crippen LogP contribution in [-0.2, 0) is 4.79 Å². The van der Waals surface area contributed by atoms with Gasteiger partial charge in [-0.15, -0.1) is 0 Å². The van der Waals surface area contributed by atoms with E-state index in [4.69, 9.17) is 9.47 Å². The number of nitrogens with zero attached hydrogens (tertiary/aromatic N) is 1. The van der Waals surface area contributed by atoms with Gasteiger partial charge in [0.05, 0.1) is 13.3 Å². The lowest BCUT2D eigenvalue weighted by molar-refractivity contribution is -0.132. The summed E-state index contributed by atoms with van der Waals surface area (Å²) in [5.74, 6) is -0.000298. The van der Waals surface area contributed by atoms with Crippen LogP contribution in [0.1, 0.15) is 28.4 Å². The summed E-state index contributed by atoms with van der Waals surface area (Å²) in [5.41, 5.74) is 4.75. The molecule has 0 heterocycles. The number of hydrazone groups is 1. The van der Waals surface area contributed by atoms with Crippen LogP contribution < -0.4 is 14.9 Å². The number of carbonyl (C=O) groups is 2. The number of ether oxygens (including phenoxy) is 2. The number of rotatable bonds is 5. The molecule has 24 heavy (non-hydrogen) atoms. The lowest BCUT2D eigenvalue weighted by Gasteiger charge is -2.08. The third-order valence-electron chi connectivity index (χ3n) is 3.13. The van der Waals surface area contributed by atoms with Crippen LogP contribution >= 0.6 is 0 Å². The van der Waals surface area contributed by atoms with Gasteiger partial charge < -0.3 is 9.47 Å². The van der Waals surface area contributed by atoms with E-state index >= 15 is 0 Å². The summed E-state index contributed by atoms with van der Waals surface area (Å²) in [6.07, 6.45) is 1.48. The maximum atomic E-state index is 11.9. The van der Waals surface area contributed by atoms with Gasteiger partial charge in [0.1, 0.15) is 0 Å². The van der Waals surface area contributed by atoms with Crippen molar-refractivity contribution in [2.24, 2.45) is 5.10 Å². The predicted octanol–water partition coefficient (Wildman–Crippen LogP) is 2.69. The maximum absolute atomic E-state index is 11.9. The third-order valence-corrected chi connectivity index (χ3v) is 3.13. The zero-order valence-electron chi connectivity index (χ0n) is 13.7. The molecule has 0 aliphatic rings. The van der Waals surface area contributed by atoms with Crippen LogP contribution in [0.5, 0.6) is 11.5 Å². The van der Waals surface area contributed by atoms with Crippen LogP contribution in [-0.4, -0.2) is 25.2 Å². The molecule has 0 unspecified atom stereocenters. The Bertz CT molecular complexity index is 767. The van der Waals surface area contributed by atoms with Gasteiger partial charge in [0.2, 0.25) is 0 Å². The standard InChI is InChI=1S/C18H18N2O4/c1-12-4-7-15(8-5-12)18(22)20-19-11-14-6-9-16(24-13(2)21)17(10-14)23-3/h4-11H,1-3H3,(H,20,22)/b19-11-. The van der Waals surface area contributed by atoms with Gasteiger partial charge in [-0.25, -0.2) is 5.43 Å². The number of nitrogens with one attached hydrogen (secondary N) is 1. The lowest BCUT2D eigenvalue weighted by atomic mass is 10.1. The van der Waals surface area contributed by atoms with E-state index in [-0.39, 0.29) is 5.91 Å². The predicted molar refractivity (Wildman–Crippen MR) is 90.5 cm³/mol. The molecule has 0 aliphatic carbocycles. The largest absolute Gasteiger partial charge is 0.493 e. The monoisotopic (exact) mass is 326 g/mol. The Labute approximate surface area is 140 Å². The minimum atomic E-state index is -0.430. The molecule has 2 aromatic carbocycles. The van der Waals surface area contributed by atoms with Gasteiger partial charge >= 0.3 is 5.97 Å². The van der Waals surface area contributed by atoms with Gasteiger partial charge in [0.15, 0.2) is 11.5 Å². The molecule has 6 nitrogen and oxygen atoms in total. The Morgan fingerprint density at radius 2 is 1.79 bits per heavy atom. The summed E-state index contributed by atoms with van der Waals surface area (Å²) in [6.45, 7) is 3.27. The van der Waals surface area contributed by atoms with Gasteiger partial charge in [0, 0.05) is 12.5 Å². The molecule has 2 rings (SSSR count). The molecule has 1 N–H and O–H groups in total. The molecule has 6 heteroatoms. The summed E-state index contributed by atoms with van der Waals surface area (Å²) in [5, 5.41) is 3.92. The summed E-state index contributed by atoms with van der Waals surface area (Å²) >= 11 is 0. The van der Waals surface area contributed by atoms with Crippen LogP contribution in [0.4, 0.5) is 0 Å². The molecule has 1 amide bonds. The first-order chi connectivity index (χ1) is 11.5. The second-order valence-corrected chi connectivity index (χ2v) is 5.07. The molecular formula is C18H18N2O4. The second-order valence-electron chi connectivity index (χ2n) is 5.07. The number of hydrogen-bond acceptors (Lipinski definition) is 5. The quantitative estimate of drug-likeness (QED) is 0.397. The minimum Gasteiger partial charge on any atom is -0.493 e. The average Bonchev–Trinajstić information content (AvgIpc) is 2.56. The Morgan fingerprint density at radius 1 is 1.08 bits per heavy atom. The molecule has 0 fully saturated rings. The van der Waals surface area contributed by atoms with Crippen LogP contribution in [0.15, 0.2) is 47.6 Å². The number of benzene rings is 2. The van der Waals surface area contributed by atoms with Crippen molar-refractivity contribution in [3.05, 3.63) is 59.2 Å². The van der Waals surface area contributed by atoms with Crippen molar-refractivity contribution >= 4 is 18.1 Å². The molecular weight excluding hydrogens is 308 g/mol. The molecule has 0 saturated heterocycles. The van der Waals surface area contributed by atoms with Crippen molar-refractivity contribution in [1.29, 1.82) is 0 Å². The fraction of sp³-hybridized carbons (Fsp3) is 0.167. The number of aryl methyl sites for hydroxylation is 1. The molecule has 0 atom stereocenters. The normalized spacial score (nSPS) is 10.5. The minimum absolute atomic E-state index is 0.297. The van der Waals surface area contributed by atoms with Crippen molar-refractivity contribution in [2.75, 3.05) is 7.11 Å². The smallest absolute Gasteiger partial charge is 0.308 e. The third kappa shape index (κ3) is 4.67. The number of methoxy groups -OCH3 is 1. The Hall–Kier alpha value is -3.15. The fourth-order valence-corrected chi connectivity index (χ4v) is 1.94. The average molecular weight is 326 g/mol. The second kappa shape index (κ2) is 7.92. The number of amides is 1. The van der Waals surface area contributed by atoms with E-state index in [1.165, 1.54) is 20.2 Å². The van der Waals surface area contributed by atoms with Gasteiger partial charge in [-0.2, -0.15) is 5.10 Å². The first-order valence-electron chi connectivity index (χ1n) is 7.26. The van der Waals surface area contributed by atoms with Crippen molar-refractivity contribution in [1.82, 2.24) is 5.43 Å². The van der Waals surface area contributed by atoms with Crippen molar-refractivity contribution < 1.29 is 19.1 Å². The maximum Gasteiger partial charge on any atom is 0.308 e. The highest BCUT2D eigenvalue weighted by molar-refractivity contribution is 5.95. The summed E-state index contributed by atoms with van der Waals surface area (Å²) < 4.78 is 10.2. The van der Waals surface area contributed by atoms with E-state index in [9.17, 15) is 9.59 Å². The summed E-state index contributed by atoms with van der Waals surface area (Å²) in [7, 11) is 1.47. The highest BCUT2D eigenvalue weighted by Crippen LogP contribution is 2.27. The first-order valence-corrected chi connectivity index (χ1v) is 7.26. The van der Waals surface area contributed by atoms with Gasteiger partial charge in [-0.1, -0.05) is 17.7 Å². The van der Waals surface area contributed by atoms with Crippen molar-refractivity contribution in [3.8, 4) is 11.5 Å². The van der Waals surface area contributed by atoms with E-state index < -0.39 is 5.97 Å². The Morgan fingerprint density at radius 3 is 2.42 bits per heavy atom. The first kappa shape index (κ1) is 17.2. The Kier molecular flexibility index (Phi) is 5.68. The number of esters is 1. The molecule has 0 bridgehead atoms. The molecule has 0 aliphatic heterocycles. The fourth-order valence-electron chi connectivity index (χ4n) is 1.94. The Balaban J connectivity index is 2.04. The van der Waals surface area contributed by atoms with Crippen LogP contribution in [0, 0.1) is 6.92 Å². The van der Waals surface area contributed by atoms with E-state index in [2.05, 4.69) is 10.5 Å². The molecule has 2 aromatic rings. The number of carbonyl (C=O) groups excluding carboxylic acids is 2. The van der Waals surface area contributed by atoms with Gasteiger partial charge in [-0.05, 0) is 42.8 Å². The lowest BCUT2D eigenvalue weighted by Crippen LogP contribution is -2.17. The zero-order chi connectivity index (χ0) is 17.5. The topological polar surface area (TPSA) is 77.0 Å². The number of hydrogen-bond donors (Lipinski definition) is 1. The van der Waals surface area contributed by atoms with Crippen LogP contribution in [0.3, 0.4) is 0 Å². The molecule has 0 spiro atoms. The molecule has 0 radical (unpaired) electrons. The zero-order valence-corrected chi connectivity index (χ0v) is 13.7. The van der Waals surface area contributed by atoms with E-state index in [0.29, 0.717) is 22.6 Å². The van der Waals surface area contributed by atoms with Crippen LogP contribution in [0.2, 0.25) is 0 Å². The van der Waals surface area contributed by atoms with Gasteiger partial charge in [-0.3, -0.25) is 9.59 Å². The summed E-state index contributed by atoms with van der Waals surface area (Å²) in [6, 6.07) is 12.1. The SMILES string of the molecule is COc1cc(/C=N\NC(=O)c2ccc(C)cc2)ccc1OC(C)=O.